The zero-order valence-corrected chi connectivity index (χ0v) is 24.6. The maximum atomic E-state index is 13.3. The fraction of sp³-hybridized carbons (Fsp3) is 0.500. The number of rotatable bonds is 12. The van der Waals surface area contributed by atoms with Crippen LogP contribution in [-0.2, 0) is 19.6 Å². The molecule has 0 saturated carbocycles. The van der Waals surface area contributed by atoms with E-state index < -0.39 is 21.5 Å². The van der Waals surface area contributed by atoms with Gasteiger partial charge >= 0.3 is 0 Å². The van der Waals surface area contributed by atoms with E-state index in [-0.39, 0.29) is 22.3 Å². The van der Waals surface area contributed by atoms with Gasteiger partial charge in [0.25, 0.3) is 15.9 Å². The maximum absolute atomic E-state index is 13.3. The monoisotopic (exact) mass is 576 g/mol. The Morgan fingerprint density at radius 1 is 1.26 bits per heavy atom. The van der Waals surface area contributed by atoms with Gasteiger partial charge in [-0.15, -0.1) is 11.8 Å². The summed E-state index contributed by atoms with van der Waals surface area (Å²) in [6.07, 6.45) is 3.21. The third-order valence-electron chi connectivity index (χ3n) is 6.84. The van der Waals surface area contributed by atoms with E-state index in [1.807, 2.05) is 14.1 Å². The Labute approximate surface area is 235 Å². The maximum Gasteiger partial charge on any atom is 0.265 e. The number of hydrogen-bond donors (Lipinski definition) is 2. The lowest BCUT2D eigenvalue weighted by Crippen LogP contribution is -2.51. The number of benzene rings is 2. The first-order valence-electron chi connectivity index (χ1n) is 13.1. The SMILES string of the molecule is CC[C@@]1(C(=O)NS(=O)(=O)c2cc(C)c(N[C@H](CCN(C)C)CSc3ccc(F)cc3)c(C#N)c2)CCCCO1. The Morgan fingerprint density at radius 2 is 1.97 bits per heavy atom. The summed E-state index contributed by atoms with van der Waals surface area (Å²) in [6, 6.07) is 11.1. The second-order valence-corrected chi connectivity index (χ2v) is 12.8. The van der Waals surface area contributed by atoms with Crippen LogP contribution in [0.4, 0.5) is 10.1 Å². The first-order chi connectivity index (χ1) is 18.5. The first-order valence-corrected chi connectivity index (χ1v) is 15.5. The summed E-state index contributed by atoms with van der Waals surface area (Å²) in [5.74, 6) is -0.318. The number of carbonyl (C=O) groups is 1. The molecule has 212 valence electrons. The Kier molecular flexibility index (Phi) is 10.8. The molecule has 1 aliphatic heterocycles. The van der Waals surface area contributed by atoms with Gasteiger partial charge < -0.3 is 15.0 Å². The summed E-state index contributed by atoms with van der Waals surface area (Å²) in [7, 11) is -0.274. The molecule has 1 fully saturated rings. The van der Waals surface area contributed by atoms with Gasteiger partial charge in [0.1, 0.15) is 17.5 Å². The molecule has 0 aromatic heterocycles. The molecule has 2 N–H and O–H groups in total. The van der Waals surface area contributed by atoms with Crippen molar-refractivity contribution in [2.75, 3.05) is 38.3 Å². The minimum atomic E-state index is -4.23. The van der Waals surface area contributed by atoms with Crippen molar-refractivity contribution in [1.82, 2.24) is 9.62 Å². The van der Waals surface area contributed by atoms with Crippen molar-refractivity contribution >= 4 is 33.4 Å². The molecule has 1 saturated heterocycles. The molecule has 0 unspecified atom stereocenters. The van der Waals surface area contributed by atoms with Gasteiger partial charge in [0.05, 0.1) is 16.1 Å². The largest absolute Gasteiger partial charge is 0.380 e. The highest BCUT2D eigenvalue weighted by Gasteiger charge is 2.41. The Balaban J connectivity index is 1.82. The molecule has 2 aromatic carbocycles. The number of carbonyl (C=O) groups excluding carboxylic acids is 1. The Morgan fingerprint density at radius 3 is 2.56 bits per heavy atom. The number of aryl methyl sites for hydroxylation is 1. The van der Waals surface area contributed by atoms with Crippen molar-refractivity contribution in [1.29, 1.82) is 5.26 Å². The van der Waals surface area contributed by atoms with Crippen LogP contribution in [0, 0.1) is 24.1 Å². The number of sulfonamides is 1. The van der Waals surface area contributed by atoms with E-state index >= 15 is 0 Å². The zero-order valence-electron chi connectivity index (χ0n) is 22.9. The number of anilines is 1. The summed E-state index contributed by atoms with van der Waals surface area (Å²) < 4.78 is 47.6. The highest BCUT2D eigenvalue weighted by Crippen LogP contribution is 2.31. The third-order valence-corrected chi connectivity index (χ3v) is 9.33. The van der Waals surface area contributed by atoms with E-state index in [1.54, 1.807) is 37.7 Å². The van der Waals surface area contributed by atoms with E-state index in [1.165, 1.54) is 24.3 Å². The summed E-state index contributed by atoms with van der Waals surface area (Å²) in [6.45, 7) is 4.74. The number of amides is 1. The summed E-state index contributed by atoms with van der Waals surface area (Å²) in [5.41, 5.74) is 0.125. The predicted molar refractivity (Wildman–Crippen MR) is 152 cm³/mol. The van der Waals surface area contributed by atoms with Crippen LogP contribution in [0.2, 0.25) is 0 Å². The standard InChI is InChI=1S/C28H37FN4O4S2/c1-5-28(13-6-7-15-37-28)27(34)32-39(35,36)25-16-20(2)26(21(17-25)18-30)31-23(12-14-33(3)4)19-38-24-10-8-22(29)9-11-24/h8-11,16-17,23,31H,5-7,12-15,19H2,1-4H3,(H,32,34)/t23-,28+/m1/s1. The van der Waals surface area contributed by atoms with Crippen LogP contribution >= 0.6 is 11.8 Å². The number of thioether (sulfide) groups is 1. The Hall–Kier alpha value is -2.65. The number of hydrogen-bond acceptors (Lipinski definition) is 8. The molecule has 0 aliphatic carbocycles. The van der Waals surface area contributed by atoms with Crippen molar-refractivity contribution in [2.24, 2.45) is 0 Å². The molecule has 0 bridgehead atoms. The smallest absolute Gasteiger partial charge is 0.265 e. The van der Waals surface area contributed by atoms with Crippen LogP contribution in [0.25, 0.3) is 0 Å². The normalized spacial score (nSPS) is 18.4. The van der Waals surface area contributed by atoms with Crippen LogP contribution in [0.5, 0.6) is 0 Å². The average molecular weight is 577 g/mol. The molecule has 39 heavy (non-hydrogen) atoms. The van der Waals surface area contributed by atoms with Gasteiger partial charge in [-0.2, -0.15) is 5.26 Å². The van der Waals surface area contributed by atoms with Gasteiger partial charge in [-0.25, -0.2) is 17.5 Å². The minimum Gasteiger partial charge on any atom is -0.380 e. The number of nitrogens with one attached hydrogen (secondary N) is 2. The highest BCUT2D eigenvalue weighted by atomic mass is 32.2. The first kappa shape index (κ1) is 30.9. The van der Waals surface area contributed by atoms with E-state index in [2.05, 4.69) is 21.0 Å². The molecule has 0 spiro atoms. The molecule has 3 rings (SSSR count). The van der Waals surface area contributed by atoms with Crippen molar-refractivity contribution in [2.45, 2.75) is 67.4 Å². The van der Waals surface area contributed by atoms with Crippen molar-refractivity contribution in [3.05, 3.63) is 53.3 Å². The molecule has 1 heterocycles. The van der Waals surface area contributed by atoms with Crippen LogP contribution in [0.15, 0.2) is 46.2 Å². The molecule has 1 aliphatic rings. The average Bonchev–Trinajstić information content (AvgIpc) is 2.91. The van der Waals surface area contributed by atoms with Crippen molar-refractivity contribution in [3.8, 4) is 6.07 Å². The van der Waals surface area contributed by atoms with E-state index in [9.17, 15) is 22.9 Å². The molecule has 1 amide bonds. The molecular weight excluding hydrogens is 539 g/mol. The third kappa shape index (κ3) is 8.18. The summed E-state index contributed by atoms with van der Waals surface area (Å²) in [4.78, 5) is 15.8. The molecule has 2 aromatic rings. The van der Waals surface area contributed by atoms with E-state index in [0.29, 0.717) is 36.5 Å². The van der Waals surface area contributed by atoms with E-state index in [0.717, 1.165) is 30.7 Å². The minimum absolute atomic E-state index is 0.0525. The van der Waals surface area contributed by atoms with Crippen LogP contribution in [0.3, 0.4) is 0 Å². The van der Waals surface area contributed by atoms with Crippen LogP contribution in [-0.4, -0.2) is 63.9 Å². The molecule has 0 radical (unpaired) electrons. The number of nitriles is 1. The van der Waals surface area contributed by atoms with Gasteiger partial charge in [0.2, 0.25) is 0 Å². The molecule has 8 nitrogen and oxygen atoms in total. The fourth-order valence-electron chi connectivity index (χ4n) is 4.48. The molecule has 11 heteroatoms. The zero-order chi connectivity index (χ0) is 28.6. The topological polar surface area (TPSA) is 112 Å². The Bertz CT molecular complexity index is 1290. The lowest BCUT2D eigenvalue weighted by atomic mass is 9.90. The highest BCUT2D eigenvalue weighted by molar-refractivity contribution is 7.99. The van der Waals surface area contributed by atoms with Gasteiger partial charge in [0.15, 0.2) is 0 Å². The van der Waals surface area contributed by atoms with Gasteiger partial charge in [-0.3, -0.25) is 4.79 Å². The second-order valence-electron chi connectivity index (χ2n) is 10.1. The van der Waals surface area contributed by atoms with Gasteiger partial charge in [-0.05, 0) is 102 Å². The summed E-state index contributed by atoms with van der Waals surface area (Å²) >= 11 is 1.57. The molecular formula is C28H37FN4O4S2. The second kappa shape index (κ2) is 13.6. The number of halogens is 1. The van der Waals surface area contributed by atoms with Crippen molar-refractivity contribution in [3.63, 3.8) is 0 Å². The lowest BCUT2D eigenvalue weighted by molar-refractivity contribution is -0.152. The lowest BCUT2D eigenvalue weighted by Gasteiger charge is -2.34. The van der Waals surface area contributed by atoms with Crippen LogP contribution in [0.1, 0.15) is 50.2 Å². The quantitative estimate of drug-likeness (QED) is 0.350. The fourth-order valence-corrected chi connectivity index (χ4v) is 6.60. The summed E-state index contributed by atoms with van der Waals surface area (Å²) in [5, 5.41) is 13.4. The number of ether oxygens (including phenoxy) is 1. The van der Waals surface area contributed by atoms with Crippen molar-refractivity contribution < 1.29 is 22.3 Å². The number of nitrogens with zero attached hydrogens (tertiary/aromatic N) is 2. The predicted octanol–water partition coefficient (Wildman–Crippen LogP) is 4.68. The van der Waals surface area contributed by atoms with Gasteiger partial charge in [-0.1, -0.05) is 6.92 Å². The van der Waals surface area contributed by atoms with Crippen LogP contribution < -0.4 is 10.0 Å². The van der Waals surface area contributed by atoms with E-state index in [4.69, 9.17) is 4.74 Å². The van der Waals surface area contributed by atoms with Gasteiger partial charge in [0, 0.05) is 23.3 Å². The molecule has 2 atom stereocenters.